The van der Waals surface area contributed by atoms with Crippen molar-refractivity contribution in [2.45, 2.75) is 104 Å². The molecule has 1 nitrogen and oxygen atoms in total. The van der Waals surface area contributed by atoms with Gasteiger partial charge in [-0.15, -0.1) is 0 Å². The lowest BCUT2D eigenvalue weighted by Gasteiger charge is -2.22. The largest absolute Gasteiger partial charge is 0.366 e. The Kier molecular flexibility index (Phi) is 7.29. The zero-order chi connectivity index (χ0) is 13.4. The first-order valence-corrected chi connectivity index (χ1v) is 8.42. The maximum Gasteiger partial charge on any atom is 0.0920 e. The molecule has 0 bridgehead atoms. The fourth-order valence-corrected chi connectivity index (χ4v) is 3.20. The molecule has 1 aliphatic carbocycles. The highest BCUT2D eigenvalue weighted by atomic mass is 16.6. The molecule has 1 saturated carbocycles. The van der Waals surface area contributed by atoms with E-state index in [2.05, 4.69) is 13.8 Å². The Morgan fingerprint density at radius 2 is 1.72 bits per heavy atom. The summed E-state index contributed by atoms with van der Waals surface area (Å²) in [7, 11) is 0. The van der Waals surface area contributed by atoms with Crippen LogP contribution < -0.4 is 0 Å². The van der Waals surface area contributed by atoms with Gasteiger partial charge in [-0.25, -0.2) is 0 Å². The van der Waals surface area contributed by atoms with Gasteiger partial charge < -0.3 is 4.74 Å². The van der Waals surface area contributed by atoms with Crippen LogP contribution in [0.1, 0.15) is 91.9 Å². The number of epoxide rings is 1. The lowest BCUT2D eigenvalue weighted by molar-refractivity contribution is 0.298. The van der Waals surface area contributed by atoms with E-state index < -0.39 is 0 Å². The van der Waals surface area contributed by atoms with Crippen molar-refractivity contribution < 1.29 is 4.74 Å². The van der Waals surface area contributed by atoms with Crippen LogP contribution in [0.3, 0.4) is 0 Å². The van der Waals surface area contributed by atoms with E-state index in [1.807, 2.05) is 13.8 Å². The van der Waals surface area contributed by atoms with E-state index in [4.69, 9.17) is 4.74 Å². The van der Waals surface area contributed by atoms with Gasteiger partial charge >= 0.3 is 0 Å². The summed E-state index contributed by atoms with van der Waals surface area (Å²) in [6.07, 6.45) is 14.8. The van der Waals surface area contributed by atoms with Gasteiger partial charge in [-0.2, -0.15) is 0 Å². The highest BCUT2D eigenvalue weighted by Gasteiger charge is 2.54. The highest BCUT2D eigenvalue weighted by Crippen LogP contribution is 2.50. The molecule has 3 atom stereocenters. The summed E-state index contributed by atoms with van der Waals surface area (Å²) in [5.74, 6) is 0.978. The molecule has 2 aliphatic rings. The molecule has 1 aliphatic heterocycles. The number of hydrogen-bond donors (Lipinski definition) is 0. The Bertz CT molecular complexity index is 214. The molecule has 0 amide bonds. The lowest BCUT2D eigenvalue weighted by Crippen LogP contribution is -2.21. The molecule has 108 valence electrons. The lowest BCUT2D eigenvalue weighted by atomic mass is 9.80. The number of hydrogen-bond acceptors (Lipinski definition) is 1. The van der Waals surface area contributed by atoms with Gasteiger partial charge in [-0.1, -0.05) is 65.7 Å². The van der Waals surface area contributed by atoms with E-state index in [0.717, 1.165) is 5.92 Å². The molecule has 2 fully saturated rings. The molecule has 0 aromatic heterocycles. The monoisotopic (exact) mass is 254 g/mol. The van der Waals surface area contributed by atoms with Crippen LogP contribution in [0.15, 0.2) is 0 Å². The topological polar surface area (TPSA) is 12.5 Å². The predicted molar refractivity (Wildman–Crippen MR) is 80.0 cm³/mol. The second kappa shape index (κ2) is 8.19. The van der Waals surface area contributed by atoms with Crippen LogP contribution in [0, 0.1) is 5.92 Å². The van der Waals surface area contributed by atoms with Crippen molar-refractivity contribution in [1.82, 2.24) is 0 Å². The fraction of sp³-hybridized carbons (Fsp3) is 1.00. The van der Waals surface area contributed by atoms with Crippen LogP contribution in [0.4, 0.5) is 0 Å². The molecular weight excluding hydrogens is 220 g/mol. The van der Waals surface area contributed by atoms with Gasteiger partial charge in [0.2, 0.25) is 0 Å². The summed E-state index contributed by atoms with van der Waals surface area (Å²) in [5.41, 5.74) is 0.317. The molecule has 1 heterocycles. The Morgan fingerprint density at radius 1 is 1.06 bits per heavy atom. The summed E-state index contributed by atoms with van der Waals surface area (Å²) < 4.78 is 5.75. The van der Waals surface area contributed by atoms with Crippen LogP contribution >= 0.6 is 0 Å². The third-order valence-corrected chi connectivity index (χ3v) is 4.60. The second-order valence-electron chi connectivity index (χ2n) is 6.12. The minimum atomic E-state index is 0.317. The summed E-state index contributed by atoms with van der Waals surface area (Å²) in [5, 5.41) is 0. The molecule has 0 spiro atoms. The van der Waals surface area contributed by atoms with Crippen LogP contribution in [0.25, 0.3) is 0 Å². The van der Waals surface area contributed by atoms with Gasteiger partial charge in [-0.3, -0.25) is 0 Å². The third kappa shape index (κ3) is 4.91. The summed E-state index contributed by atoms with van der Waals surface area (Å²) in [6, 6.07) is 0. The first kappa shape index (κ1) is 16.0. The molecule has 1 saturated heterocycles. The van der Waals surface area contributed by atoms with Crippen LogP contribution in [-0.4, -0.2) is 11.7 Å². The third-order valence-electron chi connectivity index (χ3n) is 4.60. The smallest absolute Gasteiger partial charge is 0.0920 e. The summed E-state index contributed by atoms with van der Waals surface area (Å²) in [6.45, 7) is 8.58. The summed E-state index contributed by atoms with van der Waals surface area (Å²) >= 11 is 0. The van der Waals surface area contributed by atoms with Gasteiger partial charge in [0.05, 0.1) is 11.7 Å². The van der Waals surface area contributed by atoms with E-state index >= 15 is 0 Å². The van der Waals surface area contributed by atoms with Crippen molar-refractivity contribution in [2.75, 3.05) is 0 Å². The molecule has 18 heavy (non-hydrogen) atoms. The van der Waals surface area contributed by atoms with E-state index in [9.17, 15) is 0 Å². The molecule has 0 aromatic carbocycles. The number of rotatable bonds is 7. The Labute approximate surface area is 115 Å². The molecule has 2 rings (SSSR count). The maximum atomic E-state index is 5.75. The first-order chi connectivity index (χ1) is 8.74. The molecular formula is C17H34O. The minimum Gasteiger partial charge on any atom is -0.366 e. The van der Waals surface area contributed by atoms with E-state index in [0.29, 0.717) is 11.7 Å². The second-order valence-corrected chi connectivity index (χ2v) is 6.12. The number of fused-ring (bicyclic) bond motifs is 1. The van der Waals surface area contributed by atoms with Gasteiger partial charge in [0.25, 0.3) is 0 Å². The quantitative estimate of drug-likeness (QED) is 0.418. The van der Waals surface area contributed by atoms with Gasteiger partial charge in [0.15, 0.2) is 0 Å². The standard InChI is InChI=1S/C15H28O.C2H6/c1-3-4-5-6-7-8-9-13-10-11-15(2)14(12-13)16-15;1-2/h13-14H,3-12H2,1-2H3;1-2H3. The first-order valence-electron chi connectivity index (χ1n) is 8.42. The molecule has 1 heteroatoms. The molecule has 0 N–H and O–H groups in total. The average Bonchev–Trinajstić information content (AvgIpc) is 3.07. The van der Waals surface area contributed by atoms with Crippen LogP contribution in [-0.2, 0) is 4.74 Å². The van der Waals surface area contributed by atoms with E-state index in [-0.39, 0.29) is 0 Å². The van der Waals surface area contributed by atoms with Crippen molar-refractivity contribution in [3.63, 3.8) is 0 Å². The van der Waals surface area contributed by atoms with E-state index in [1.54, 1.807) is 0 Å². The normalized spacial score (nSPS) is 33.3. The van der Waals surface area contributed by atoms with Crippen molar-refractivity contribution in [2.24, 2.45) is 5.92 Å². The van der Waals surface area contributed by atoms with E-state index in [1.165, 1.54) is 64.2 Å². The SMILES string of the molecule is CC.CCCCCCCCC1CCC2(C)OC2C1. The minimum absolute atomic E-state index is 0.317. The summed E-state index contributed by atoms with van der Waals surface area (Å²) in [4.78, 5) is 0. The molecule has 3 unspecified atom stereocenters. The molecule has 0 aromatic rings. The fourth-order valence-electron chi connectivity index (χ4n) is 3.20. The zero-order valence-electron chi connectivity index (χ0n) is 13.1. The Morgan fingerprint density at radius 3 is 2.39 bits per heavy atom. The average molecular weight is 254 g/mol. The van der Waals surface area contributed by atoms with Crippen LogP contribution in [0.2, 0.25) is 0 Å². The van der Waals surface area contributed by atoms with Gasteiger partial charge in [0, 0.05) is 0 Å². The Balaban J connectivity index is 0.000000771. The zero-order valence-corrected chi connectivity index (χ0v) is 13.1. The van der Waals surface area contributed by atoms with Crippen molar-refractivity contribution in [1.29, 1.82) is 0 Å². The highest BCUT2D eigenvalue weighted by molar-refractivity contribution is 5.03. The Hall–Kier alpha value is -0.0400. The van der Waals surface area contributed by atoms with Gasteiger partial charge in [-0.05, 0) is 32.1 Å². The number of ether oxygens (including phenoxy) is 1. The molecule has 0 radical (unpaired) electrons. The maximum absolute atomic E-state index is 5.75. The van der Waals surface area contributed by atoms with Crippen molar-refractivity contribution in [3.8, 4) is 0 Å². The van der Waals surface area contributed by atoms with Crippen molar-refractivity contribution in [3.05, 3.63) is 0 Å². The van der Waals surface area contributed by atoms with Gasteiger partial charge in [0.1, 0.15) is 0 Å². The van der Waals surface area contributed by atoms with Crippen LogP contribution in [0.5, 0.6) is 0 Å². The number of unbranched alkanes of at least 4 members (excludes halogenated alkanes) is 5. The van der Waals surface area contributed by atoms with Crippen molar-refractivity contribution >= 4 is 0 Å². The predicted octanol–water partition coefficient (Wildman–Crippen LogP) is 5.72.